The number of phenolic OH excluding ortho intramolecular Hbond substituents is 2. The summed E-state index contributed by atoms with van der Waals surface area (Å²) in [5, 5.41) is 32.0. The van der Waals surface area contributed by atoms with E-state index in [1.54, 1.807) is 31.4 Å². The Morgan fingerprint density at radius 2 is 1.48 bits per heavy atom. The summed E-state index contributed by atoms with van der Waals surface area (Å²) in [5.41, 5.74) is 5.39. The maximum absolute atomic E-state index is 11.5. The van der Waals surface area contributed by atoms with Crippen molar-refractivity contribution in [3.8, 4) is 45.6 Å². The molecule has 7 nitrogen and oxygen atoms in total. The van der Waals surface area contributed by atoms with Gasteiger partial charge < -0.3 is 34.3 Å². The lowest BCUT2D eigenvalue weighted by molar-refractivity contribution is 0.0878. The molecule has 0 saturated carbocycles. The van der Waals surface area contributed by atoms with Gasteiger partial charge in [-0.05, 0) is 59.4 Å². The van der Waals surface area contributed by atoms with Gasteiger partial charge in [0.1, 0.15) is 17.2 Å². The van der Waals surface area contributed by atoms with Crippen LogP contribution in [0.4, 0.5) is 0 Å². The fraction of sp³-hybridized carbons (Fsp3) is 0.308. The number of hydrogen-bond donors (Lipinski definition) is 3. The van der Waals surface area contributed by atoms with Crippen LogP contribution in [-0.2, 0) is 12.8 Å². The third-order valence-corrected chi connectivity index (χ3v) is 6.67. The first-order valence-electron chi connectivity index (χ1n) is 10.8. The molecule has 0 bridgehead atoms. The second-order valence-electron chi connectivity index (χ2n) is 8.31. The number of hydrogen-bond acceptors (Lipinski definition) is 7. The van der Waals surface area contributed by atoms with E-state index in [9.17, 15) is 15.3 Å². The number of methoxy groups -OCH3 is 3. The van der Waals surface area contributed by atoms with Crippen molar-refractivity contribution < 1.29 is 34.3 Å². The summed E-state index contributed by atoms with van der Waals surface area (Å²) < 4.78 is 22.2. The van der Waals surface area contributed by atoms with Crippen LogP contribution in [-0.4, -0.2) is 43.3 Å². The summed E-state index contributed by atoms with van der Waals surface area (Å²) in [4.78, 5) is 0. The van der Waals surface area contributed by atoms with Gasteiger partial charge in [-0.3, -0.25) is 0 Å². The number of fused-ring (bicyclic) bond motifs is 5. The summed E-state index contributed by atoms with van der Waals surface area (Å²) in [6, 6.07) is 10.6. The monoisotopic (exact) mass is 450 g/mol. The van der Waals surface area contributed by atoms with Crippen LogP contribution in [0, 0.1) is 0 Å². The molecule has 1 aliphatic heterocycles. The quantitative estimate of drug-likeness (QED) is 0.551. The predicted octanol–water partition coefficient (Wildman–Crippen LogP) is 4.10. The van der Waals surface area contributed by atoms with E-state index in [1.165, 1.54) is 14.2 Å². The van der Waals surface area contributed by atoms with Gasteiger partial charge in [-0.25, -0.2) is 0 Å². The fourth-order valence-electron chi connectivity index (χ4n) is 5.05. The molecule has 0 aromatic heterocycles. The van der Waals surface area contributed by atoms with Crippen molar-refractivity contribution in [1.29, 1.82) is 0 Å². The molecular weight excluding hydrogens is 424 g/mol. The van der Waals surface area contributed by atoms with Crippen LogP contribution in [0.5, 0.6) is 34.5 Å². The van der Waals surface area contributed by atoms with Crippen molar-refractivity contribution in [3.63, 3.8) is 0 Å². The maximum Gasteiger partial charge on any atom is 0.200 e. The topological polar surface area (TPSA) is 97.6 Å². The van der Waals surface area contributed by atoms with Crippen LogP contribution >= 0.6 is 0 Å². The van der Waals surface area contributed by atoms with E-state index in [2.05, 4.69) is 0 Å². The highest BCUT2D eigenvalue weighted by atomic mass is 16.5. The number of benzene rings is 3. The molecule has 3 aromatic carbocycles. The summed E-state index contributed by atoms with van der Waals surface area (Å²) in [5.74, 6) is 1.53. The third-order valence-electron chi connectivity index (χ3n) is 6.67. The van der Waals surface area contributed by atoms with E-state index < -0.39 is 6.10 Å². The Morgan fingerprint density at radius 3 is 2.15 bits per heavy atom. The minimum absolute atomic E-state index is 0.0851. The molecule has 5 rings (SSSR count). The van der Waals surface area contributed by atoms with Crippen molar-refractivity contribution in [2.24, 2.45) is 0 Å². The molecule has 2 aliphatic rings. The number of phenols is 2. The number of aliphatic hydroxyl groups is 1. The average Bonchev–Trinajstić information content (AvgIpc) is 2.83. The Labute approximate surface area is 191 Å². The molecular formula is C26H26O7. The van der Waals surface area contributed by atoms with E-state index in [-0.39, 0.29) is 35.5 Å². The van der Waals surface area contributed by atoms with Crippen molar-refractivity contribution in [2.45, 2.75) is 24.9 Å². The summed E-state index contributed by atoms with van der Waals surface area (Å²) in [6.45, 7) is 0.273. The second kappa shape index (κ2) is 8.08. The predicted molar refractivity (Wildman–Crippen MR) is 122 cm³/mol. The summed E-state index contributed by atoms with van der Waals surface area (Å²) >= 11 is 0. The zero-order chi connectivity index (χ0) is 23.3. The minimum Gasteiger partial charge on any atom is -0.508 e. The van der Waals surface area contributed by atoms with Crippen LogP contribution in [0.25, 0.3) is 11.1 Å². The smallest absolute Gasteiger partial charge is 0.200 e. The summed E-state index contributed by atoms with van der Waals surface area (Å²) in [7, 11) is 4.54. The standard InChI is InChI=1S/C26H26O7/c1-30-21-11-14(27)10-18-15-6-7-20-24(17(15)5-4-16(18)21)25(28)19(12-33-20)13-8-22(31-2)26(29)23(9-13)32-3/h6-11,19,25,27-29H,4-5,12H2,1-3H3. The van der Waals surface area contributed by atoms with E-state index in [0.717, 1.165) is 39.8 Å². The van der Waals surface area contributed by atoms with Crippen molar-refractivity contribution in [2.75, 3.05) is 27.9 Å². The third kappa shape index (κ3) is 3.31. The van der Waals surface area contributed by atoms with Crippen LogP contribution in [0.15, 0.2) is 36.4 Å². The Morgan fingerprint density at radius 1 is 0.818 bits per heavy atom. The largest absolute Gasteiger partial charge is 0.508 e. The van der Waals surface area contributed by atoms with E-state index in [0.29, 0.717) is 17.9 Å². The first kappa shape index (κ1) is 21.3. The fourth-order valence-corrected chi connectivity index (χ4v) is 5.05. The molecule has 2 unspecified atom stereocenters. The Bertz CT molecular complexity index is 1210. The molecule has 0 spiro atoms. The Kier molecular flexibility index (Phi) is 5.21. The molecule has 172 valence electrons. The molecule has 1 heterocycles. The molecule has 3 N–H and O–H groups in total. The van der Waals surface area contributed by atoms with Gasteiger partial charge in [0.25, 0.3) is 0 Å². The highest BCUT2D eigenvalue weighted by Gasteiger charge is 2.36. The lowest BCUT2D eigenvalue weighted by atomic mass is 9.77. The second-order valence-corrected chi connectivity index (χ2v) is 8.31. The van der Waals surface area contributed by atoms with Crippen molar-refractivity contribution in [1.82, 2.24) is 0 Å². The zero-order valence-corrected chi connectivity index (χ0v) is 18.7. The first-order valence-corrected chi connectivity index (χ1v) is 10.8. The van der Waals surface area contributed by atoms with Crippen LogP contribution in [0.3, 0.4) is 0 Å². The molecule has 0 amide bonds. The lowest BCUT2D eigenvalue weighted by Gasteiger charge is -2.35. The molecule has 3 aromatic rings. The highest BCUT2D eigenvalue weighted by Crippen LogP contribution is 2.50. The normalized spacial score (nSPS) is 18.4. The van der Waals surface area contributed by atoms with Crippen LogP contribution in [0.1, 0.15) is 34.3 Å². The number of aromatic hydroxyl groups is 2. The molecule has 2 atom stereocenters. The van der Waals surface area contributed by atoms with Gasteiger partial charge in [0, 0.05) is 23.1 Å². The average molecular weight is 450 g/mol. The molecule has 0 radical (unpaired) electrons. The van der Waals surface area contributed by atoms with E-state index >= 15 is 0 Å². The lowest BCUT2D eigenvalue weighted by Crippen LogP contribution is -2.26. The molecule has 1 aliphatic carbocycles. The first-order chi connectivity index (χ1) is 16.0. The Hall–Kier alpha value is -3.58. The van der Waals surface area contributed by atoms with Gasteiger partial charge >= 0.3 is 0 Å². The number of aliphatic hydroxyl groups excluding tert-OH is 1. The Balaban J connectivity index is 1.62. The highest BCUT2D eigenvalue weighted by molar-refractivity contribution is 5.79. The van der Waals surface area contributed by atoms with Crippen molar-refractivity contribution >= 4 is 0 Å². The van der Waals surface area contributed by atoms with E-state index in [1.807, 2.05) is 12.1 Å². The molecule has 0 fully saturated rings. The zero-order valence-electron chi connectivity index (χ0n) is 18.7. The SMILES string of the molecule is COc1cc(C2COc3ccc4c(c3C2O)CCc2c(OC)cc(O)cc2-4)cc(OC)c1O. The van der Waals surface area contributed by atoms with Crippen LogP contribution in [0.2, 0.25) is 0 Å². The van der Waals surface area contributed by atoms with Gasteiger partial charge in [-0.1, -0.05) is 6.07 Å². The van der Waals surface area contributed by atoms with Gasteiger partial charge in [-0.15, -0.1) is 0 Å². The molecule has 7 heteroatoms. The van der Waals surface area contributed by atoms with Crippen molar-refractivity contribution in [3.05, 3.63) is 58.7 Å². The maximum atomic E-state index is 11.5. The van der Waals surface area contributed by atoms with Crippen LogP contribution < -0.4 is 18.9 Å². The van der Waals surface area contributed by atoms with Gasteiger partial charge in [0.15, 0.2) is 11.5 Å². The van der Waals surface area contributed by atoms with Gasteiger partial charge in [-0.2, -0.15) is 0 Å². The number of ether oxygens (including phenoxy) is 4. The van der Waals surface area contributed by atoms with Gasteiger partial charge in [0.05, 0.1) is 34.0 Å². The summed E-state index contributed by atoms with van der Waals surface area (Å²) in [6.07, 6.45) is 0.603. The van der Waals surface area contributed by atoms with E-state index in [4.69, 9.17) is 18.9 Å². The minimum atomic E-state index is -0.830. The molecule has 33 heavy (non-hydrogen) atoms. The number of rotatable bonds is 4. The van der Waals surface area contributed by atoms with Gasteiger partial charge in [0.2, 0.25) is 5.75 Å². The molecule has 0 saturated heterocycles.